The van der Waals surface area contributed by atoms with Crippen LogP contribution >= 0.6 is 11.6 Å². The molecule has 0 unspecified atom stereocenters. The van der Waals surface area contributed by atoms with E-state index in [0.717, 1.165) is 11.1 Å². The van der Waals surface area contributed by atoms with Crippen molar-refractivity contribution < 1.29 is 14.3 Å². The number of carbonyl (C=O) groups is 2. The molecule has 0 aliphatic carbocycles. The molecule has 0 aliphatic rings. The summed E-state index contributed by atoms with van der Waals surface area (Å²) in [5, 5.41) is 0.623. The minimum absolute atomic E-state index is 0.190. The van der Waals surface area contributed by atoms with Gasteiger partial charge in [-0.15, -0.1) is 0 Å². The van der Waals surface area contributed by atoms with Crippen LogP contribution in [0.2, 0.25) is 5.02 Å². The lowest BCUT2D eigenvalue weighted by Gasteiger charge is -2.07. The molecule has 0 saturated carbocycles. The van der Waals surface area contributed by atoms with Crippen LogP contribution in [0.4, 0.5) is 0 Å². The average Bonchev–Trinajstić information content (AvgIpc) is 2.59. The fourth-order valence-corrected chi connectivity index (χ4v) is 1.86. The Hall–Kier alpha value is -2.79. The summed E-state index contributed by atoms with van der Waals surface area (Å²) in [4.78, 5) is 23.2. The van der Waals surface area contributed by atoms with Gasteiger partial charge in [-0.1, -0.05) is 41.4 Å². The second-order valence-electron chi connectivity index (χ2n) is 5.02. The fourth-order valence-electron chi connectivity index (χ4n) is 1.74. The zero-order chi connectivity index (χ0) is 17.4. The Balaban J connectivity index is 1.71. The van der Waals surface area contributed by atoms with E-state index in [-0.39, 0.29) is 6.61 Å². The molecule has 0 spiro atoms. The Labute approximate surface area is 145 Å². The van der Waals surface area contributed by atoms with Gasteiger partial charge in [-0.3, -0.25) is 20.4 Å². The van der Waals surface area contributed by atoms with Crippen molar-refractivity contribution in [3.63, 3.8) is 0 Å². The molecule has 5 nitrogen and oxygen atoms in total. The zero-order valence-corrected chi connectivity index (χ0v) is 13.8. The number of aryl methyl sites for hydroxylation is 1. The number of rotatable bonds is 5. The van der Waals surface area contributed by atoms with Crippen molar-refractivity contribution in [1.29, 1.82) is 0 Å². The molecule has 0 aromatic heterocycles. The van der Waals surface area contributed by atoms with Gasteiger partial charge in [0.25, 0.3) is 11.8 Å². The topological polar surface area (TPSA) is 67.4 Å². The van der Waals surface area contributed by atoms with Gasteiger partial charge >= 0.3 is 0 Å². The lowest BCUT2D eigenvalue weighted by atomic mass is 10.2. The van der Waals surface area contributed by atoms with E-state index in [1.54, 1.807) is 42.5 Å². The first kappa shape index (κ1) is 17.6. The summed E-state index contributed by atoms with van der Waals surface area (Å²) in [5.74, 6) is -0.317. The first-order valence-electron chi connectivity index (χ1n) is 7.25. The Bertz CT molecular complexity index is 725. The molecule has 2 rings (SSSR count). The third-order valence-corrected chi connectivity index (χ3v) is 3.27. The number of hydrazine groups is 1. The summed E-state index contributed by atoms with van der Waals surface area (Å²) in [6.45, 7) is 1.77. The lowest BCUT2D eigenvalue weighted by molar-refractivity contribution is -0.128. The molecule has 2 aromatic rings. The molecule has 124 valence electrons. The van der Waals surface area contributed by atoms with Gasteiger partial charge in [0.1, 0.15) is 5.75 Å². The summed E-state index contributed by atoms with van der Waals surface area (Å²) in [7, 11) is 0. The lowest BCUT2D eigenvalue weighted by Crippen LogP contribution is -2.43. The summed E-state index contributed by atoms with van der Waals surface area (Å²) in [6, 6.07) is 14.3. The van der Waals surface area contributed by atoms with E-state index in [1.165, 1.54) is 6.08 Å². The van der Waals surface area contributed by atoms with Crippen LogP contribution in [-0.2, 0) is 9.59 Å². The van der Waals surface area contributed by atoms with Crippen molar-refractivity contribution >= 4 is 29.5 Å². The number of hydrogen-bond donors (Lipinski definition) is 2. The predicted molar refractivity (Wildman–Crippen MR) is 93.4 cm³/mol. The van der Waals surface area contributed by atoms with Gasteiger partial charge in [0.15, 0.2) is 6.61 Å². The molecule has 2 N–H and O–H groups in total. The van der Waals surface area contributed by atoms with E-state index in [9.17, 15) is 9.59 Å². The van der Waals surface area contributed by atoms with Crippen molar-refractivity contribution in [1.82, 2.24) is 10.9 Å². The largest absolute Gasteiger partial charge is 0.484 e. The Kier molecular flexibility index (Phi) is 6.40. The van der Waals surface area contributed by atoms with Gasteiger partial charge in [0, 0.05) is 11.1 Å². The molecule has 0 aliphatic heterocycles. The molecule has 24 heavy (non-hydrogen) atoms. The summed E-state index contributed by atoms with van der Waals surface area (Å²) < 4.78 is 5.30. The summed E-state index contributed by atoms with van der Waals surface area (Å²) in [6.07, 6.45) is 2.92. The fraction of sp³-hybridized carbons (Fsp3) is 0.111. The molecule has 6 heteroatoms. The number of amides is 2. The summed E-state index contributed by atoms with van der Waals surface area (Å²) >= 11 is 5.78. The Morgan fingerprint density at radius 2 is 1.71 bits per heavy atom. The molecule has 0 atom stereocenters. The van der Waals surface area contributed by atoms with Gasteiger partial charge in [-0.2, -0.15) is 0 Å². The monoisotopic (exact) mass is 344 g/mol. The average molecular weight is 345 g/mol. The van der Waals surface area contributed by atoms with Crippen molar-refractivity contribution in [2.24, 2.45) is 0 Å². The quantitative estimate of drug-likeness (QED) is 0.647. The Morgan fingerprint density at radius 1 is 1.04 bits per heavy atom. The van der Waals surface area contributed by atoms with Crippen LogP contribution in [0.25, 0.3) is 6.08 Å². The van der Waals surface area contributed by atoms with Crippen LogP contribution in [0.3, 0.4) is 0 Å². The first-order chi connectivity index (χ1) is 11.5. The molecule has 2 aromatic carbocycles. The van der Waals surface area contributed by atoms with Crippen molar-refractivity contribution in [3.05, 3.63) is 70.8 Å². The molecule has 2 amide bonds. The van der Waals surface area contributed by atoms with E-state index in [0.29, 0.717) is 10.8 Å². The summed E-state index contributed by atoms with van der Waals surface area (Å²) in [5.41, 5.74) is 6.48. The smallest absolute Gasteiger partial charge is 0.276 e. The van der Waals surface area contributed by atoms with E-state index >= 15 is 0 Å². The third-order valence-electron chi connectivity index (χ3n) is 3.01. The maximum atomic E-state index is 11.6. The van der Waals surface area contributed by atoms with Crippen LogP contribution in [0.15, 0.2) is 54.6 Å². The second-order valence-corrected chi connectivity index (χ2v) is 5.46. The third kappa shape index (κ3) is 6.14. The van der Waals surface area contributed by atoms with Gasteiger partial charge in [0.05, 0.1) is 0 Å². The van der Waals surface area contributed by atoms with Crippen molar-refractivity contribution in [2.75, 3.05) is 6.61 Å². The van der Waals surface area contributed by atoms with Crippen LogP contribution in [0, 0.1) is 6.92 Å². The number of nitrogens with one attached hydrogen (secondary N) is 2. The standard InChI is InChI=1S/C18H17ClN2O3/c1-13-2-9-16(10-3-13)24-12-18(23)21-20-17(22)11-6-14-4-7-15(19)8-5-14/h2-11H,12H2,1H3,(H,20,22)(H,21,23)/b11-6+. The van der Waals surface area contributed by atoms with E-state index < -0.39 is 11.8 Å². The second kappa shape index (κ2) is 8.74. The first-order valence-corrected chi connectivity index (χ1v) is 7.62. The number of hydrogen-bond acceptors (Lipinski definition) is 3. The number of ether oxygens (including phenoxy) is 1. The molecule has 0 radical (unpaired) electrons. The molecule has 0 fully saturated rings. The Morgan fingerprint density at radius 3 is 2.38 bits per heavy atom. The zero-order valence-electron chi connectivity index (χ0n) is 13.1. The highest BCUT2D eigenvalue weighted by molar-refractivity contribution is 6.30. The minimum atomic E-state index is -0.455. The van der Waals surface area contributed by atoms with Gasteiger partial charge in [-0.25, -0.2) is 0 Å². The van der Waals surface area contributed by atoms with Gasteiger partial charge in [-0.05, 0) is 42.8 Å². The number of carbonyl (C=O) groups excluding carboxylic acids is 2. The van der Waals surface area contributed by atoms with Crippen LogP contribution in [-0.4, -0.2) is 18.4 Å². The van der Waals surface area contributed by atoms with E-state index in [1.807, 2.05) is 19.1 Å². The molecule has 0 bridgehead atoms. The number of halogens is 1. The van der Waals surface area contributed by atoms with E-state index in [2.05, 4.69) is 10.9 Å². The normalized spacial score (nSPS) is 10.4. The van der Waals surface area contributed by atoms with Gasteiger partial charge in [0.2, 0.25) is 0 Å². The maximum absolute atomic E-state index is 11.6. The number of benzene rings is 2. The van der Waals surface area contributed by atoms with Crippen LogP contribution in [0.1, 0.15) is 11.1 Å². The minimum Gasteiger partial charge on any atom is -0.484 e. The molecular weight excluding hydrogens is 328 g/mol. The maximum Gasteiger partial charge on any atom is 0.276 e. The van der Waals surface area contributed by atoms with Crippen LogP contribution < -0.4 is 15.6 Å². The highest BCUT2D eigenvalue weighted by Crippen LogP contribution is 2.11. The van der Waals surface area contributed by atoms with Crippen LogP contribution in [0.5, 0.6) is 5.75 Å². The SMILES string of the molecule is Cc1ccc(OCC(=O)NNC(=O)/C=C/c2ccc(Cl)cc2)cc1. The highest BCUT2D eigenvalue weighted by atomic mass is 35.5. The highest BCUT2D eigenvalue weighted by Gasteiger charge is 2.03. The predicted octanol–water partition coefficient (Wildman–Crippen LogP) is 2.89. The van der Waals surface area contributed by atoms with E-state index in [4.69, 9.17) is 16.3 Å². The van der Waals surface area contributed by atoms with Crippen molar-refractivity contribution in [2.45, 2.75) is 6.92 Å². The van der Waals surface area contributed by atoms with Crippen molar-refractivity contribution in [3.8, 4) is 5.75 Å². The molecule has 0 heterocycles. The molecule has 0 saturated heterocycles. The molecular formula is C18H17ClN2O3. The van der Waals surface area contributed by atoms with Gasteiger partial charge < -0.3 is 4.74 Å².